The molecule has 1 amide bonds. The van der Waals surface area contributed by atoms with Gasteiger partial charge in [0, 0.05) is 14.0 Å². The maximum atomic E-state index is 12.9. The highest BCUT2D eigenvalue weighted by molar-refractivity contribution is 7.88. The van der Waals surface area contributed by atoms with Crippen molar-refractivity contribution >= 4 is 15.9 Å². The zero-order chi connectivity index (χ0) is 20.6. The van der Waals surface area contributed by atoms with Crippen molar-refractivity contribution in [3.8, 4) is 5.75 Å². The first-order valence-electron chi connectivity index (χ1n) is 10.4. The van der Waals surface area contributed by atoms with Gasteiger partial charge in [0.15, 0.2) is 6.61 Å². The number of carbonyl (C=O) groups is 1. The van der Waals surface area contributed by atoms with Crippen LogP contribution >= 0.6 is 0 Å². The molecular formula is C20H28N2O5S. The van der Waals surface area contributed by atoms with Crippen LogP contribution in [0.15, 0.2) is 24.3 Å². The highest BCUT2D eigenvalue weighted by atomic mass is 32.2. The first-order valence-corrected chi connectivity index (χ1v) is 11.7. The van der Waals surface area contributed by atoms with Crippen molar-refractivity contribution in [1.82, 2.24) is 9.62 Å². The zero-order valence-corrected chi connectivity index (χ0v) is 16.9. The highest BCUT2D eigenvalue weighted by Crippen LogP contribution is 2.38. The van der Waals surface area contributed by atoms with Crippen LogP contribution in [0.2, 0.25) is 0 Å². The summed E-state index contributed by atoms with van der Waals surface area (Å²) in [5.41, 5.74) is 0.820. The topological polar surface area (TPSA) is 84.9 Å². The summed E-state index contributed by atoms with van der Waals surface area (Å²) in [5.74, 6) is -0.364. The molecule has 1 aliphatic carbocycles. The number of nitrogens with one attached hydrogen (secondary N) is 1. The quantitative estimate of drug-likeness (QED) is 0.803. The Hall–Kier alpha value is -1.64. The third-order valence-corrected chi connectivity index (χ3v) is 6.62. The first-order chi connectivity index (χ1) is 13.8. The van der Waals surface area contributed by atoms with Gasteiger partial charge in [-0.15, -0.1) is 0 Å². The second-order valence-electron chi connectivity index (χ2n) is 7.86. The zero-order valence-electron chi connectivity index (χ0n) is 17.1. The molecular weight excluding hydrogens is 380 g/mol. The lowest BCUT2D eigenvalue weighted by Gasteiger charge is -2.32. The average molecular weight is 410 g/mol. The number of hydrogen-bond donors (Lipinski definition) is 1. The summed E-state index contributed by atoms with van der Waals surface area (Å²) >= 11 is 0. The summed E-state index contributed by atoms with van der Waals surface area (Å²) in [6.45, 7) is 0.595. The minimum atomic E-state index is -3.39. The predicted molar refractivity (Wildman–Crippen MR) is 105 cm³/mol. The molecule has 2 bridgehead atoms. The van der Waals surface area contributed by atoms with Gasteiger partial charge in [-0.2, -0.15) is 0 Å². The minimum absolute atomic E-state index is 0.0127. The van der Waals surface area contributed by atoms with E-state index in [1.165, 1.54) is 0 Å². The molecule has 2 fully saturated rings. The second kappa shape index (κ2) is 8.00. The molecule has 7 nitrogen and oxygen atoms in total. The van der Waals surface area contributed by atoms with E-state index in [0.717, 1.165) is 24.7 Å². The normalized spacial score (nSPS) is 34.3. The number of fused-ring (bicyclic) bond motifs is 5. The number of benzene rings is 1. The summed E-state index contributed by atoms with van der Waals surface area (Å²) < 4.78 is 47.2. The number of sulfonamides is 1. The third kappa shape index (κ3) is 4.34. The van der Waals surface area contributed by atoms with E-state index in [1.54, 1.807) is 4.90 Å². The molecule has 4 aliphatic rings. The van der Waals surface area contributed by atoms with E-state index in [4.69, 9.17) is 10.8 Å². The van der Waals surface area contributed by atoms with Gasteiger partial charge in [0.05, 0.1) is 25.0 Å². The molecule has 1 N–H and O–H groups in total. The van der Waals surface area contributed by atoms with Crippen LogP contribution in [-0.2, 0) is 19.6 Å². The number of carbonyl (C=O) groups excluding carboxylic acids is 1. The van der Waals surface area contributed by atoms with Crippen LogP contribution in [-0.4, -0.2) is 63.4 Å². The molecule has 5 rings (SSSR count). The monoisotopic (exact) mass is 409 g/mol. The van der Waals surface area contributed by atoms with Crippen molar-refractivity contribution in [2.24, 2.45) is 0 Å². The molecule has 1 saturated heterocycles. The van der Waals surface area contributed by atoms with Crippen LogP contribution < -0.4 is 9.46 Å². The SMILES string of the molecule is [2H]C12CCC(CC1)OCC1[C@@H](NS(C)(=O)=O)CCN1C(=O)COc1ccccc12. The van der Waals surface area contributed by atoms with Crippen molar-refractivity contribution in [2.45, 2.75) is 56.2 Å². The van der Waals surface area contributed by atoms with Gasteiger partial charge in [0.1, 0.15) is 5.75 Å². The average Bonchev–Trinajstić information content (AvgIpc) is 3.06. The summed E-state index contributed by atoms with van der Waals surface area (Å²) in [4.78, 5) is 14.6. The third-order valence-electron chi connectivity index (χ3n) is 5.89. The van der Waals surface area contributed by atoms with Crippen LogP contribution in [0, 0.1) is 0 Å². The highest BCUT2D eigenvalue weighted by Gasteiger charge is 2.39. The summed E-state index contributed by atoms with van der Waals surface area (Å²) in [6.07, 6.45) is 4.51. The molecule has 3 heterocycles. The Kier molecular flexibility index (Phi) is 5.26. The first kappa shape index (κ1) is 18.4. The fourth-order valence-corrected chi connectivity index (χ4v) is 5.32. The molecule has 2 atom stereocenters. The number of hydrogen-bond acceptors (Lipinski definition) is 5. The number of nitrogens with zero attached hydrogens (tertiary/aromatic N) is 1. The van der Waals surface area contributed by atoms with Gasteiger partial charge in [-0.25, -0.2) is 13.1 Å². The predicted octanol–water partition coefficient (Wildman–Crippen LogP) is 1.64. The molecule has 154 valence electrons. The van der Waals surface area contributed by atoms with E-state index in [-0.39, 0.29) is 37.3 Å². The van der Waals surface area contributed by atoms with Crippen LogP contribution in [0.4, 0.5) is 0 Å². The van der Waals surface area contributed by atoms with Crippen molar-refractivity contribution < 1.29 is 24.1 Å². The Balaban J connectivity index is 1.62. The molecule has 0 spiro atoms. The Morgan fingerprint density at radius 1 is 1.18 bits per heavy atom. The van der Waals surface area contributed by atoms with Crippen LogP contribution in [0.5, 0.6) is 5.75 Å². The summed E-state index contributed by atoms with van der Waals surface area (Å²) in [7, 11) is -3.39. The number of ether oxygens (including phenoxy) is 2. The van der Waals surface area contributed by atoms with Crippen LogP contribution in [0.25, 0.3) is 0 Å². The smallest absolute Gasteiger partial charge is 0.260 e. The number of para-hydroxylation sites is 1. The van der Waals surface area contributed by atoms with Crippen molar-refractivity contribution in [2.75, 3.05) is 26.0 Å². The minimum Gasteiger partial charge on any atom is -0.483 e. The fourth-order valence-electron chi connectivity index (χ4n) is 4.50. The Bertz CT molecular complexity index is 869. The van der Waals surface area contributed by atoms with Crippen molar-refractivity contribution in [1.29, 1.82) is 0 Å². The van der Waals surface area contributed by atoms with Gasteiger partial charge < -0.3 is 14.4 Å². The lowest BCUT2D eigenvalue weighted by Crippen LogP contribution is -2.50. The fraction of sp³-hybridized carbons (Fsp3) is 0.650. The molecule has 1 aromatic carbocycles. The van der Waals surface area contributed by atoms with Gasteiger partial charge >= 0.3 is 0 Å². The Morgan fingerprint density at radius 3 is 2.68 bits per heavy atom. The lowest BCUT2D eigenvalue weighted by atomic mass is 9.82. The van der Waals surface area contributed by atoms with Crippen LogP contribution in [0.1, 0.15) is 44.9 Å². The Morgan fingerprint density at radius 2 is 1.93 bits per heavy atom. The molecule has 0 aromatic heterocycles. The maximum Gasteiger partial charge on any atom is 0.260 e. The molecule has 3 aliphatic heterocycles. The lowest BCUT2D eigenvalue weighted by molar-refractivity contribution is -0.136. The molecule has 0 radical (unpaired) electrons. The van der Waals surface area contributed by atoms with E-state index in [2.05, 4.69) is 4.72 Å². The van der Waals surface area contributed by atoms with E-state index >= 15 is 0 Å². The standard InChI is InChI=1S/C20H28N2O5S/c1-28(24,25)21-17-10-11-22-18(17)12-26-15-8-6-14(7-9-15)16-4-2-3-5-19(16)27-13-20(22)23/h2-5,14-15,17-18,21H,6-13H2,1H3/t14?,15?,17-,18?/m0/s1/i14D. The number of amides is 1. The van der Waals surface area contributed by atoms with Crippen molar-refractivity contribution in [3.63, 3.8) is 0 Å². The molecule has 28 heavy (non-hydrogen) atoms. The van der Waals surface area contributed by atoms with Gasteiger partial charge in [0.25, 0.3) is 5.91 Å². The van der Waals surface area contributed by atoms with E-state index in [1.807, 2.05) is 24.3 Å². The molecule has 8 heteroatoms. The summed E-state index contributed by atoms with van der Waals surface area (Å²) in [6, 6.07) is 6.75. The van der Waals surface area contributed by atoms with Crippen molar-refractivity contribution in [3.05, 3.63) is 29.8 Å². The van der Waals surface area contributed by atoms with E-state index in [9.17, 15) is 13.2 Å². The van der Waals surface area contributed by atoms with E-state index < -0.39 is 15.9 Å². The van der Waals surface area contributed by atoms with Crippen LogP contribution in [0.3, 0.4) is 0 Å². The summed E-state index contributed by atoms with van der Waals surface area (Å²) in [5, 5.41) is 0. The largest absolute Gasteiger partial charge is 0.483 e. The van der Waals surface area contributed by atoms with Gasteiger partial charge in [-0.05, 0) is 49.6 Å². The molecule has 1 unspecified atom stereocenters. The molecule has 1 saturated carbocycles. The van der Waals surface area contributed by atoms with E-state index in [0.29, 0.717) is 31.6 Å². The van der Waals surface area contributed by atoms with Gasteiger partial charge in [0.2, 0.25) is 10.0 Å². The Labute approximate surface area is 167 Å². The molecule has 1 aromatic rings. The number of rotatable bonds is 2. The van der Waals surface area contributed by atoms with Gasteiger partial charge in [-0.1, -0.05) is 18.2 Å². The second-order valence-corrected chi connectivity index (χ2v) is 9.64. The van der Waals surface area contributed by atoms with Gasteiger partial charge in [-0.3, -0.25) is 4.79 Å². The maximum absolute atomic E-state index is 12.9.